The van der Waals surface area contributed by atoms with Gasteiger partial charge in [-0.1, -0.05) is 6.07 Å². The monoisotopic (exact) mass is 261 g/mol. The Bertz CT molecular complexity index is 558. The van der Waals surface area contributed by atoms with Crippen LogP contribution < -0.4 is 10.6 Å². The predicted molar refractivity (Wildman–Crippen MR) is 76.8 cm³/mol. The summed E-state index contributed by atoms with van der Waals surface area (Å²) in [5, 5.41) is 10.9. The molecule has 0 amide bonds. The van der Waals surface area contributed by atoms with Crippen LogP contribution in [0.4, 0.5) is 11.5 Å². The zero-order valence-corrected chi connectivity index (χ0v) is 11.4. The van der Waals surface area contributed by atoms with E-state index in [1.54, 1.807) is 10.9 Å². The lowest BCUT2D eigenvalue weighted by atomic mass is 10.3. The van der Waals surface area contributed by atoms with Gasteiger partial charge in [0.15, 0.2) is 5.11 Å². The van der Waals surface area contributed by atoms with E-state index in [2.05, 4.69) is 20.7 Å². The standard InChI is InChI=1S/C12H15N5S/c1-8-4-5-11(13-6-8)15-12(18)14-10-7-17(3)16-9(10)2/h4-7H,1-3H3,(H2,13,14,15,18). The fourth-order valence-electron chi connectivity index (χ4n) is 1.53. The van der Waals surface area contributed by atoms with Gasteiger partial charge in [0, 0.05) is 19.4 Å². The van der Waals surface area contributed by atoms with Gasteiger partial charge in [0.1, 0.15) is 5.82 Å². The summed E-state index contributed by atoms with van der Waals surface area (Å²) in [6.07, 6.45) is 3.67. The van der Waals surface area contributed by atoms with Gasteiger partial charge in [0.25, 0.3) is 0 Å². The fourth-order valence-corrected chi connectivity index (χ4v) is 1.75. The minimum absolute atomic E-state index is 0.502. The number of nitrogens with one attached hydrogen (secondary N) is 2. The summed E-state index contributed by atoms with van der Waals surface area (Å²) < 4.78 is 1.74. The Hall–Kier alpha value is -1.95. The molecule has 5 nitrogen and oxygen atoms in total. The maximum Gasteiger partial charge on any atom is 0.176 e. The van der Waals surface area contributed by atoms with Gasteiger partial charge in [-0.2, -0.15) is 5.10 Å². The molecule has 0 bridgehead atoms. The number of anilines is 2. The van der Waals surface area contributed by atoms with Crippen LogP contribution in [0.25, 0.3) is 0 Å². The van der Waals surface area contributed by atoms with Crippen molar-refractivity contribution in [2.24, 2.45) is 7.05 Å². The maximum absolute atomic E-state index is 5.22. The van der Waals surface area contributed by atoms with E-state index in [1.807, 2.05) is 39.2 Å². The van der Waals surface area contributed by atoms with Gasteiger partial charge in [-0.15, -0.1) is 0 Å². The van der Waals surface area contributed by atoms with E-state index < -0.39 is 0 Å². The van der Waals surface area contributed by atoms with Crippen LogP contribution in [0, 0.1) is 13.8 Å². The lowest BCUT2D eigenvalue weighted by Gasteiger charge is -2.08. The van der Waals surface area contributed by atoms with Crippen molar-refractivity contribution in [2.75, 3.05) is 10.6 Å². The van der Waals surface area contributed by atoms with E-state index in [4.69, 9.17) is 12.2 Å². The molecule has 94 valence electrons. The van der Waals surface area contributed by atoms with Gasteiger partial charge < -0.3 is 10.6 Å². The van der Waals surface area contributed by atoms with E-state index in [1.165, 1.54) is 0 Å². The summed E-state index contributed by atoms with van der Waals surface area (Å²) in [4.78, 5) is 4.23. The first-order valence-corrected chi connectivity index (χ1v) is 5.96. The third-order valence-electron chi connectivity index (χ3n) is 2.41. The SMILES string of the molecule is Cc1ccc(NC(=S)Nc2cn(C)nc2C)nc1. The number of thiocarbonyl (C=S) groups is 1. The van der Waals surface area contributed by atoms with Crippen LogP contribution in [0.3, 0.4) is 0 Å². The molecule has 0 spiro atoms. The van der Waals surface area contributed by atoms with Crippen molar-refractivity contribution in [3.63, 3.8) is 0 Å². The lowest BCUT2D eigenvalue weighted by molar-refractivity contribution is 0.756. The number of aromatic nitrogens is 3. The normalized spacial score (nSPS) is 10.2. The number of aryl methyl sites for hydroxylation is 3. The lowest BCUT2D eigenvalue weighted by Crippen LogP contribution is -2.19. The molecule has 2 N–H and O–H groups in total. The topological polar surface area (TPSA) is 54.8 Å². The van der Waals surface area contributed by atoms with E-state index in [0.717, 1.165) is 22.8 Å². The van der Waals surface area contributed by atoms with Crippen LogP contribution in [0.15, 0.2) is 24.5 Å². The highest BCUT2D eigenvalue weighted by Gasteiger charge is 2.05. The molecular formula is C12H15N5S. The summed E-state index contributed by atoms with van der Waals surface area (Å²) in [5.74, 6) is 0.722. The van der Waals surface area contributed by atoms with Gasteiger partial charge in [0.05, 0.1) is 11.4 Å². The van der Waals surface area contributed by atoms with Gasteiger partial charge in [-0.25, -0.2) is 4.98 Å². The molecular weight excluding hydrogens is 246 g/mol. The van der Waals surface area contributed by atoms with Gasteiger partial charge in [-0.05, 0) is 37.7 Å². The van der Waals surface area contributed by atoms with Crippen LogP contribution in [0.1, 0.15) is 11.3 Å². The molecule has 0 aliphatic carbocycles. The van der Waals surface area contributed by atoms with Crippen molar-refractivity contribution in [1.82, 2.24) is 14.8 Å². The zero-order valence-electron chi connectivity index (χ0n) is 10.6. The van der Waals surface area contributed by atoms with Gasteiger partial charge in [0.2, 0.25) is 0 Å². The van der Waals surface area contributed by atoms with Crippen molar-refractivity contribution in [3.05, 3.63) is 35.8 Å². The quantitative estimate of drug-likeness (QED) is 0.812. The van der Waals surface area contributed by atoms with Crippen molar-refractivity contribution < 1.29 is 0 Å². The van der Waals surface area contributed by atoms with Crippen LogP contribution >= 0.6 is 12.2 Å². The average Bonchev–Trinajstić information content (AvgIpc) is 2.61. The summed E-state index contributed by atoms with van der Waals surface area (Å²) in [6, 6.07) is 3.87. The highest BCUT2D eigenvalue weighted by molar-refractivity contribution is 7.80. The molecule has 2 heterocycles. The van der Waals surface area contributed by atoms with Gasteiger partial charge in [-0.3, -0.25) is 4.68 Å². The number of pyridine rings is 1. The van der Waals surface area contributed by atoms with Gasteiger partial charge >= 0.3 is 0 Å². The first-order valence-electron chi connectivity index (χ1n) is 5.55. The molecule has 0 aliphatic heterocycles. The van der Waals surface area contributed by atoms with E-state index in [9.17, 15) is 0 Å². The fraction of sp³-hybridized carbons (Fsp3) is 0.250. The van der Waals surface area contributed by atoms with Crippen molar-refractivity contribution in [1.29, 1.82) is 0 Å². The van der Waals surface area contributed by atoms with Crippen LogP contribution in [0.5, 0.6) is 0 Å². The molecule has 0 aromatic carbocycles. The number of rotatable bonds is 2. The first kappa shape index (κ1) is 12.5. The molecule has 0 fully saturated rings. The smallest absolute Gasteiger partial charge is 0.176 e. The van der Waals surface area contributed by atoms with Crippen molar-refractivity contribution >= 4 is 28.8 Å². The Morgan fingerprint density at radius 1 is 1.28 bits per heavy atom. The minimum Gasteiger partial charge on any atom is -0.330 e. The molecule has 0 atom stereocenters. The average molecular weight is 261 g/mol. The molecule has 0 saturated carbocycles. The molecule has 0 radical (unpaired) electrons. The van der Waals surface area contributed by atoms with Crippen molar-refractivity contribution in [3.8, 4) is 0 Å². The Labute approximate surface area is 111 Å². The molecule has 2 rings (SSSR count). The molecule has 2 aromatic heterocycles. The third-order valence-corrected chi connectivity index (χ3v) is 2.62. The highest BCUT2D eigenvalue weighted by Crippen LogP contribution is 2.12. The zero-order chi connectivity index (χ0) is 13.1. The Morgan fingerprint density at radius 3 is 2.61 bits per heavy atom. The maximum atomic E-state index is 5.22. The number of hydrogen-bond acceptors (Lipinski definition) is 3. The Balaban J connectivity index is 2.01. The van der Waals surface area contributed by atoms with Crippen LogP contribution in [0.2, 0.25) is 0 Å². The molecule has 0 aliphatic rings. The largest absolute Gasteiger partial charge is 0.330 e. The van der Waals surface area contributed by atoms with E-state index in [0.29, 0.717) is 5.11 Å². The molecule has 2 aromatic rings. The summed E-state index contributed by atoms with van der Waals surface area (Å²) in [6.45, 7) is 3.92. The number of nitrogens with zero attached hydrogens (tertiary/aromatic N) is 3. The van der Waals surface area contributed by atoms with Crippen LogP contribution in [-0.4, -0.2) is 19.9 Å². The third kappa shape index (κ3) is 3.04. The second kappa shape index (κ2) is 5.14. The minimum atomic E-state index is 0.502. The molecule has 6 heteroatoms. The summed E-state index contributed by atoms with van der Waals surface area (Å²) >= 11 is 5.22. The van der Waals surface area contributed by atoms with Crippen molar-refractivity contribution in [2.45, 2.75) is 13.8 Å². The van der Waals surface area contributed by atoms with Crippen LogP contribution in [-0.2, 0) is 7.05 Å². The molecule has 0 unspecified atom stereocenters. The van der Waals surface area contributed by atoms with E-state index in [-0.39, 0.29) is 0 Å². The summed E-state index contributed by atoms with van der Waals surface area (Å²) in [5.41, 5.74) is 2.91. The first-order chi connectivity index (χ1) is 8.54. The van der Waals surface area contributed by atoms with E-state index >= 15 is 0 Å². The Kier molecular flexibility index (Phi) is 3.57. The molecule has 0 saturated heterocycles. The number of hydrogen-bond donors (Lipinski definition) is 2. The summed E-state index contributed by atoms with van der Waals surface area (Å²) in [7, 11) is 1.87. The highest BCUT2D eigenvalue weighted by atomic mass is 32.1. The Morgan fingerprint density at radius 2 is 2.06 bits per heavy atom. The molecule has 18 heavy (non-hydrogen) atoms. The second-order valence-electron chi connectivity index (χ2n) is 4.10. The second-order valence-corrected chi connectivity index (χ2v) is 4.51. The predicted octanol–water partition coefficient (Wildman–Crippen LogP) is 2.24.